The van der Waals surface area contributed by atoms with Crippen LogP contribution in [0.2, 0.25) is 0 Å². The fourth-order valence-electron chi connectivity index (χ4n) is 12.9. The van der Waals surface area contributed by atoms with Gasteiger partial charge in [-0.2, -0.15) is 0 Å². The summed E-state index contributed by atoms with van der Waals surface area (Å²) in [5.41, 5.74) is 25.8. The normalized spacial score (nSPS) is 15.4. The van der Waals surface area contributed by atoms with Crippen LogP contribution in [0.25, 0.3) is 60.9 Å². The highest BCUT2D eigenvalue weighted by molar-refractivity contribution is 6.20. The summed E-state index contributed by atoms with van der Waals surface area (Å²) in [4.78, 5) is 4.92. The molecule has 1 N–H and O–H groups in total. The minimum atomic E-state index is -0.746. The van der Waals surface area contributed by atoms with E-state index in [1.165, 1.54) is 78.0 Å². The molecule has 0 saturated carbocycles. The van der Waals surface area contributed by atoms with Crippen LogP contribution >= 0.6 is 0 Å². The van der Waals surface area contributed by atoms with Crippen molar-refractivity contribution in [3.8, 4) is 33.4 Å². The number of para-hydroxylation sites is 1. The summed E-state index contributed by atoms with van der Waals surface area (Å²) in [6, 6.07) is 85.4. The molecule has 1 atom stereocenters. The number of dihydropyridines is 1. The maximum Gasteiger partial charge on any atom is 0.145 e. The molecule has 1 aromatic heterocycles. The van der Waals surface area contributed by atoms with Gasteiger partial charge in [0.1, 0.15) is 11.2 Å². The van der Waals surface area contributed by atoms with Crippen LogP contribution in [-0.4, -0.2) is 6.54 Å². The van der Waals surface area contributed by atoms with Crippen LogP contribution in [-0.2, 0) is 16.2 Å². The maximum atomic E-state index is 7.42. The van der Waals surface area contributed by atoms with Crippen LogP contribution in [0, 0.1) is 0 Å². The Hall–Kier alpha value is -9.12. The molecule has 4 heteroatoms. The zero-order chi connectivity index (χ0) is 53.8. The van der Waals surface area contributed by atoms with E-state index in [2.05, 4.69) is 300 Å². The van der Waals surface area contributed by atoms with Crippen molar-refractivity contribution in [1.82, 2.24) is 5.32 Å². The van der Waals surface area contributed by atoms with Crippen molar-refractivity contribution in [2.45, 2.75) is 64.7 Å². The van der Waals surface area contributed by atoms with Gasteiger partial charge in [0.15, 0.2) is 0 Å². The second-order valence-electron chi connectivity index (χ2n) is 23.9. The average molecular weight is 1020 g/mol. The van der Waals surface area contributed by atoms with E-state index in [0.717, 1.165) is 68.2 Å². The fourth-order valence-corrected chi connectivity index (χ4v) is 12.9. The maximum absolute atomic E-state index is 7.42. The Balaban J connectivity index is 1.06. The molecule has 79 heavy (non-hydrogen) atoms. The second kappa shape index (κ2) is 18.2. The van der Waals surface area contributed by atoms with Crippen LogP contribution in [0.15, 0.2) is 252 Å². The number of benzene rings is 10. The highest BCUT2D eigenvalue weighted by atomic mass is 16.3. The summed E-state index contributed by atoms with van der Waals surface area (Å²) in [7, 11) is 0. The molecule has 2 aliphatic carbocycles. The predicted octanol–water partition coefficient (Wildman–Crippen LogP) is 20.0. The quantitative estimate of drug-likeness (QED) is 0.164. The first kappa shape index (κ1) is 48.3. The van der Waals surface area contributed by atoms with Crippen LogP contribution in [0.3, 0.4) is 0 Å². The smallest absolute Gasteiger partial charge is 0.145 e. The number of anilines is 6. The van der Waals surface area contributed by atoms with Gasteiger partial charge >= 0.3 is 0 Å². The van der Waals surface area contributed by atoms with Gasteiger partial charge in [0.2, 0.25) is 0 Å². The van der Waals surface area contributed by atoms with E-state index in [1.54, 1.807) is 0 Å². The van der Waals surface area contributed by atoms with Crippen molar-refractivity contribution in [2.75, 3.05) is 16.3 Å². The molecule has 14 rings (SSSR count). The number of hydrogen-bond donors (Lipinski definition) is 1. The monoisotopic (exact) mass is 1020 g/mol. The van der Waals surface area contributed by atoms with E-state index >= 15 is 0 Å². The Labute approximate surface area is 464 Å². The lowest BCUT2D eigenvalue weighted by molar-refractivity contribution is 0.590. The fraction of sp³-hybridized carbons (Fsp3) is 0.147. The van der Waals surface area contributed by atoms with Crippen molar-refractivity contribution < 1.29 is 4.42 Å². The van der Waals surface area contributed by atoms with E-state index in [-0.39, 0.29) is 10.8 Å². The number of allylic oxidation sites excluding steroid dienone is 3. The Morgan fingerprint density at radius 1 is 0.443 bits per heavy atom. The molecule has 0 fully saturated rings. The largest absolute Gasteiger partial charge is 0.455 e. The average Bonchev–Trinajstić information content (AvgIpc) is 4.13. The van der Waals surface area contributed by atoms with E-state index in [0.29, 0.717) is 0 Å². The number of nitrogens with one attached hydrogen (secondary N) is 1. The van der Waals surface area contributed by atoms with Gasteiger partial charge in [-0.25, -0.2) is 0 Å². The van der Waals surface area contributed by atoms with Gasteiger partial charge < -0.3 is 19.5 Å². The first-order valence-corrected chi connectivity index (χ1v) is 27.9. The van der Waals surface area contributed by atoms with E-state index < -0.39 is 5.41 Å². The highest BCUT2D eigenvalue weighted by Crippen LogP contribution is 2.65. The van der Waals surface area contributed by atoms with Crippen molar-refractivity contribution in [1.29, 1.82) is 0 Å². The summed E-state index contributed by atoms with van der Waals surface area (Å²) < 4.78 is 7.42. The molecular weight excluding hydrogens is 959 g/mol. The molecule has 1 unspecified atom stereocenters. The molecule has 1 spiro atoms. The lowest BCUT2D eigenvalue weighted by Gasteiger charge is -2.36. The summed E-state index contributed by atoms with van der Waals surface area (Å²) >= 11 is 0. The first-order valence-electron chi connectivity index (χ1n) is 27.9. The van der Waals surface area contributed by atoms with E-state index in [9.17, 15) is 0 Å². The number of nitrogens with zero attached hydrogens (tertiary/aromatic N) is 2. The van der Waals surface area contributed by atoms with Crippen LogP contribution < -0.4 is 15.1 Å². The predicted molar refractivity (Wildman–Crippen MR) is 332 cm³/mol. The molecule has 3 aliphatic rings. The van der Waals surface area contributed by atoms with E-state index in [1.807, 2.05) is 0 Å². The van der Waals surface area contributed by atoms with Crippen LogP contribution in [0.1, 0.15) is 81.8 Å². The Bertz CT molecular complexity index is 4230. The van der Waals surface area contributed by atoms with Crippen molar-refractivity contribution in [3.05, 3.63) is 281 Å². The molecule has 2 heterocycles. The van der Waals surface area contributed by atoms with Crippen molar-refractivity contribution >= 4 is 61.6 Å². The van der Waals surface area contributed by atoms with Crippen LogP contribution in [0.5, 0.6) is 0 Å². The second-order valence-corrected chi connectivity index (χ2v) is 23.9. The summed E-state index contributed by atoms with van der Waals surface area (Å²) in [6.45, 7) is 16.7. The lowest BCUT2D eigenvalue weighted by Crippen LogP contribution is -2.36. The SMILES string of the molecule is CC1=CC2=C(NC1)C1(c3ccccc32)c2cc(N(c3ccc(-c4ccccc4)cc3)c3ccc(C(C)(C)C)cc3)ccc2-c2c1cc(N(c1ccc(-c3ccccc3)cc1)c1ccc(C(C)(C)C)cc1)c1c2oc2ccccc21. The number of furan rings is 1. The van der Waals surface area contributed by atoms with Gasteiger partial charge in [-0.3, -0.25) is 0 Å². The molecular formula is C75H63N3O. The minimum Gasteiger partial charge on any atom is -0.455 e. The molecule has 4 nitrogen and oxygen atoms in total. The third kappa shape index (κ3) is 7.79. The molecule has 0 amide bonds. The number of rotatable bonds is 8. The minimum absolute atomic E-state index is 0.00538. The van der Waals surface area contributed by atoms with Gasteiger partial charge in [-0.1, -0.05) is 211 Å². The van der Waals surface area contributed by atoms with E-state index in [4.69, 9.17) is 4.42 Å². The molecule has 11 aromatic rings. The molecule has 0 bridgehead atoms. The highest BCUT2D eigenvalue weighted by Gasteiger charge is 2.55. The molecule has 10 aromatic carbocycles. The number of fused-ring (bicyclic) bond motifs is 13. The van der Waals surface area contributed by atoms with Crippen molar-refractivity contribution in [3.63, 3.8) is 0 Å². The van der Waals surface area contributed by atoms with Gasteiger partial charge in [-0.15, -0.1) is 0 Å². The van der Waals surface area contributed by atoms with Crippen LogP contribution in [0.4, 0.5) is 34.1 Å². The van der Waals surface area contributed by atoms with Gasteiger partial charge in [0.25, 0.3) is 0 Å². The molecule has 1 aliphatic heterocycles. The van der Waals surface area contributed by atoms with Gasteiger partial charge in [-0.05, 0) is 152 Å². The summed E-state index contributed by atoms with van der Waals surface area (Å²) in [6.07, 6.45) is 2.43. The Morgan fingerprint density at radius 3 is 1.52 bits per heavy atom. The zero-order valence-electron chi connectivity index (χ0n) is 46.0. The standard InChI is InChI=1S/C75H63N3O/c1-48-44-63-60-22-14-16-24-64(60)75(72(63)76-47-48)65-45-59(77(56-38-30-53(31-39-56)73(2,3)4)55-34-26-51(27-35-55)49-18-10-8-11-19-49)42-43-61(65)69-66(75)46-67(70-62-23-15-17-25-68(62)79-71(69)70)78(58-40-32-54(33-41-58)74(5,6)7)57-36-28-52(29-37-57)50-20-12-9-13-21-50/h8-46,76H,47H2,1-7H3. The van der Waals surface area contributed by atoms with Crippen molar-refractivity contribution in [2.24, 2.45) is 0 Å². The number of hydrogen-bond acceptors (Lipinski definition) is 4. The Kier molecular flexibility index (Phi) is 11.1. The molecule has 0 radical (unpaired) electrons. The molecule has 384 valence electrons. The summed E-state index contributed by atoms with van der Waals surface area (Å²) in [5.74, 6) is 0. The molecule has 0 saturated heterocycles. The topological polar surface area (TPSA) is 31.6 Å². The van der Waals surface area contributed by atoms with Gasteiger partial charge in [0, 0.05) is 57.2 Å². The third-order valence-corrected chi connectivity index (χ3v) is 16.9. The third-order valence-electron chi connectivity index (χ3n) is 16.9. The Morgan fingerprint density at radius 2 is 0.937 bits per heavy atom. The lowest BCUT2D eigenvalue weighted by atomic mass is 9.71. The zero-order valence-corrected chi connectivity index (χ0v) is 46.0. The first-order chi connectivity index (χ1) is 38.3. The van der Waals surface area contributed by atoms with Gasteiger partial charge in [0.05, 0.1) is 16.5 Å². The summed E-state index contributed by atoms with van der Waals surface area (Å²) in [5, 5.41) is 6.29.